The van der Waals surface area contributed by atoms with Gasteiger partial charge in [0.25, 0.3) is 0 Å². The topological polar surface area (TPSA) is 168 Å². The number of fused-ring (bicyclic) bond motifs is 1. The van der Waals surface area contributed by atoms with Crippen LogP contribution in [-0.4, -0.2) is 77.9 Å². The minimum atomic E-state index is -1.00. The van der Waals surface area contributed by atoms with Crippen LogP contribution in [0.5, 0.6) is 0 Å². The SMILES string of the molecule is C=CCC(CC=C)(NC(=O)OC(C)(C)C)C(CC=C)(CCC)C(=O)OC.CC(C)(C)OC(=O)NC1(C2CC=CC2)CC=CC1.COC(=O)C12CC=CCC1(NC(=O)OC(C)(C)C)CC=CC2. The summed E-state index contributed by atoms with van der Waals surface area (Å²) in [4.78, 5) is 62.4. The molecule has 4 aliphatic carbocycles. The number of rotatable bonds is 15. The maximum absolute atomic E-state index is 12.9. The van der Waals surface area contributed by atoms with Gasteiger partial charge in [0, 0.05) is 0 Å². The van der Waals surface area contributed by atoms with Crippen molar-refractivity contribution in [2.24, 2.45) is 16.7 Å². The second-order valence-electron chi connectivity index (χ2n) is 20.9. The number of esters is 2. The Morgan fingerprint density at radius 3 is 1.42 bits per heavy atom. The van der Waals surface area contributed by atoms with Crippen LogP contribution < -0.4 is 16.0 Å². The third-order valence-electron chi connectivity index (χ3n) is 12.5. The summed E-state index contributed by atoms with van der Waals surface area (Å²) < 4.78 is 26.4. The van der Waals surface area contributed by atoms with E-state index < -0.39 is 50.9 Å². The highest BCUT2D eigenvalue weighted by Gasteiger charge is 2.59. The van der Waals surface area contributed by atoms with Gasteiger partial charge in [0.2, 0.25) is 0 Å². The molecule has 0 spiro atoms. The molecule has 66 heavy (non-hydrogen) atoms. The number of amides is 3. The van der Waals surface area contributed by atoms with Crippen LogP contribution in [0, 0.1) is 16.7 Å². The maximum Gasteiger partial charge on any atom is 0.408 e. The molecule has 0 fully saturated rings. The van der Waals surface area contributed by atoms with Crippen molar-refractivity contribution in [2.45, 2.75) is 186 Å². The van der Waals surface area contributed by atoms with Crippen LogP contribution >= 0.6 is 0 Å². The molecule has 0 aromatic carbocycles. The second-order valence-corrected chi connectivity index (χ2v) is 20.9. The summed E-state index contributed by atoms with van der Waals surface area (Å²) in [5, 5.41) is 9.07. The van der Waals surface area contributed by atoms with E-state index in [1.165, 1.54) is 14.2 Å². The fourth-order valence-electron chi connectivity index (χ4n) is 9.62. The van der Waals surface area contributed by atoms with Crippen LogP contribution in [0.1, 0.15) is 153 Å². The van der Waals surface area contributed by atoms with E-state index >= 15 is 0 Å². The smallest absolute Gasteiger partial charge is 0.408 e. The molecule has 13 nitrogen and oxygen atoms in total. The van der Waals surface area contributed by atoms with Crippen molar-refractivity contribution in [3.63, 3.8) is 0 Å². The zero-order valence-corrected chi connectivity index (χ0v) is 42.3. The van der Waals surface area contributed by atoms with E-state index in [-0.39, 0.29) is 23.6 Å². The van der Waals surface area contributed by atoms with E-state index in [0.29, 0.717) is 57.3 Å². The van der Waals surface area contributed by atoms with E-state index in [1.807, 2.05) is 72.8 Å². The minimum absolute atomic E-state index is 0.133. The van der Waals surface area contributed by atoms with Gasteiger partial charge in [-0.25, -0.2) is 14.4 Å². The number of alkyl carbamates (subject to hydrolysis) is 3. The lowest BCUT2D eigenvalue weighted by Gasteiger charge is -2.51. The Morgan fingerprint density at radius 1 is 0.591 bits per heavy atom. The molecule has 3 N–H and O–H groups in total. The third-order valence-corrected chi connectivity index (χ3v) is 12.5. The highest BCUT2D eigenvalue weighted by Crippen LogP contribution is 2.50. The van der Waals surface area contributed by atoms with Crippen LogP contribution in [0.25, 0.3) is 0 Å². The molecule has 1 unspecified atom stereocenters. The predicted molar refractivity (Wildman–Crippen MR) is 262 cm³/mol. The van der Waals surface area contributed by atoms with Crippen molar-refractivity contribution < 1.29 is 47.7 Å². The molecule has 0 bridgehead atoms. The highest BCUT2D eigenvalue weighted by molar-refractivity contribution is 5.82. The van der Waals surface area contributed by atoms with Gasteiger partial charge < -0.3 is 39.6 Å². The lowest BCUT2D eigenvalue weighted by molar-refractivity contribution is -0.160. The number of hydrogen-bond donors (Lipinski definition) is 3. The van der Waals surface area contributed by atoms with Crippen molar-refractivity contribution in [1.82, 2.24) is 16.0 Å². The summed E-state index contributed by atoms with van der Waals surface area (Å²) in [5.41, 5.74) is -5.24. The number of hydrogen-bond acceptors (Lipinski definition) is 10. The summed E-state index contributed by atoms with van der Waals surface area (Å²) in [6.07, 6.45) is 29.0. The number of allylic oxidation sites excluding steroid dienone is 5. The molecule has 0 aliphatic heterocycles. The van der Waals surface area contributed by atoms with Crippen molar-refractivity contribution in [1.29, 1.82) is 0 Å². The number of carbonyl (C=O) groups excluding carboxylic acids is 5. The first-order valence-corrected chi connectivity index (χ1v) is 23.4. The summed E-state index contributed by atoms with van der Waals surface area (Å²) >= 11 is 0. The van der Waals surface area contributed by atoms with E-state index in [1.54, 1.807) is 39.0 Å². The van der Waals surface area contributed by atoms with Gasteiger partial charge in [-0.3, -0.25) is 9.59 Å². The average Bonchev–Trinajstić information content (AvgIpc) is 3.92. The molecule has 0 aromatic heterocycles. The van der Waals surface area contributed by atoms with Gasteiger partial charge >= 0.3 is 30.2 Å². The molecule has 13 heteroatoms. The number of methoxy groups -OCH3 is 2. The number of carbonyl (C=O) groups is 5. The van der Waals surface area contributed by atoms with Gasteiger partial charge in [-0.05, 0) is 145 Å². The minimum Gasteiger partial charge on any atom is -0.469 e. The third kappa shape index (κ3) is 15.0. The van der Waals surface area contributed by atoms with Crippen molar-refractivity contribution >= 4 is 30.2 Å². The van der Waals surface area contributed by atoms with Gasteiger partial charge in [0.05, 0.1) is 41.7 Å². The van der Waals surface area contributed by atoms with Crippen molar-refractivity contribution in [3.05, 3.63) is 86.6 Å². The Bertz CT molecular complexity index is 1780. The largest absolute Gasteiger partial charge is 0.469 e. The second kappa shape index (κ2) is 24.1. The van der Waals surface area contributed by atoms with E-state index in [9.17, 15) is 24.0 Å². The summed E-state index contributed by atoms with van der Waals surface area (Å²) in [6, 6.07) is 0. The molecule has 4 rings (SSSR count). The fourth-order valence-corrected chi connectivity index (χ4v) is 9.62. The van der Waals surface area contributed by atoms with Crippen LogP contribution in [0.4, 0.5) is 14.4 Å². The molecule has 0 radical (unpaired) electrons. The summed E-state index contributed by atoms with van der Waals surface area (Å²) in [6.45, 7) is 30.0. The molecular formula is C53H83N3O10. The Balaban J connectivity index is 0.000000345. The molecule has 0 heterocycles. The Kier molecular flexibility index (Phi) is 20.8. The quantitative estimate of drug-likeness (QED) is 0.0817. The maximum atomic E-state index is 12.9. The number of nitrogens with one attached hydrogen (secondary N) is 3. The lowest BCUT2D eigenvalue weighted by Crippen LogP contribution is -2.65. The lowest BCUT2D eigenvalue weighted by atomic mass is 9.58. The van der Waals surface area contributed by atoms with Crippen LogP contribution in [-0.2, 0) is 33.3 Å². The molecule has 0 saturated carbocycles. The van der Waals surface area contributed by atoms with Gasteiger partial charge in [-0.1, -0.05) is 80.2 Å². The molecule has 370 valence electrons. The molecular weight excluding hydrogens is 839 g/mol. The van der Waals surface area contributed by atoms with Gasteiger partial charge in [0.15, 0.2) is 0 Å². The average molecular weight is 922 g/mol. The van der Waals surface area contributed by atoms with Gasteiger partial charge in [0.1, 0.15) is 16.8 Å². The van der Waals surface area contributed by atoms with E-state index in [4.69, 9.17) is 23.7 Å². The molecule has 1 atom stereocenters. The van der Waals surface area contributed by atoms with Gasteiger partial charge in [-0.15, -0.1) is 19.7 Å². The zero-order valence-electron chi connectivity index (χ0n) is 42.3. The van der Waals surface area contributed by atoms with Crippen molar-refractivity contribution in [3.8, 4) is 0 Å². The first-order valence-electron chi connectivity index (χ1n) is 23.4. The van der Waals surface area contributed by atoms with Gasteiger partial charge in [-0.2, -0.15) is 0 Å². The molecule has 0 aromatic rings. The summed E-state index contributed by atoms with van der Waals surface area (Å²) in [5.74, 6) is -0.170. The fraction of sp³-hybridized carbons (Fsp3) is 0.642. The number of ether oxygens (including phenoxy) is 5. The van der Waals surface area contributed by atoms with E-state index in [2.05, 4.69) is 60.0 Å². The normalized spacial score (nSPS) is 21.7. The molecule has 4 aliphatic rings. The first kappa shape index (κ1) is 57.1. The first-order chi connectivity index (χ1) is 30.7. The Labute approximate surface area is 396 Å². The van der Waals surface area contributed by atoms with E-state index in [0.717, 1.165) is 32.1 Å². The Hall–Kier alpha value is -5.07. The Morgan fingerprint density at radius 2 is 1.02 bits per heavy atom. The summed E-state index contributed by atoms with van der Waals surface area (Å²) in [7, 11) is 2.75. The molecule has 3 amide bonds. The molecule has 0 saturated heterocycles. The monoisotopic (exact) mass is 922 g/mol. The standard InChI is InChI=1S/C21H35NO4.C17H25NO4.C15H23NO2/c1-9-13-20(14-10-2,17(23)25-8)21(15-11-3,16-12-4)22-18(24)26-19(5,6)7;1-15(2,3)22-14(20)18-17-11-7-5-9-16(17,13(19)21-4)10-6-8-12-17;1-14(2,3)18-13(17)16-15(10-6-7-11-15)12-8-4-5-9-12/h9,11-12H,1,3-4,10,13-16H2,2,5-8H3,(H,22,24);5-8H,9-12H2,1-4H3,(H,18,20);4-7,12H,8-11H2,1-3H3,(H,16,17). The van der Waals surface area contributed by atoms with Crippen molar-refractivity contribution in [2.75, 3.05) is 14.2 Å². The van der Waals surface area contributed by atoms with Crippen LogP contribution in [0.2, 0.25) is 0 Å². The predicted octanol–water partition coefficient (Wildman–Crippen LogP) is 11.6. The van der Waals surface area contributed by atoms with Crippen LogP contribution in [0.15, 0.2) is 86.6 Å². The highest BCUT2D eigenvalue weighted by atomic mass is 16.6. The zero-order chi connectivity index (χ0) is 50.1. The van der Waals surface area contributed by atoms with Crippen LogP contribution in [0.3, 0.4) is 0 Å².